The Labute approximate surface area is 116 Å². The third-order valence-corrected chi connectivity index (χ3v) is 3.59. The molecule has 8 heteroatoms. The zero-order valence-corrected chi connectivity index (χ0v) is 11.4. The predicted octanol–water partition coefficient (Wildman–Crippen LogP) is 0.559. The molecule has 0 bridgehead atoms. The molecule has 2 rings (SSSR count). The fraction of sp³-hybridized carbons (Fsp3) is 0.167. The summed E-state index contributed by atoms with van der Waals surface area (Å²) in [5.74, 6) is -0.296. The Morgan fingerprint density at radius 3 is 2.75 bits per heavy atom. The van der Waals surface area contributed by atoms with Gasteiger partial charge in [0, 0.05) is 25.4 Å². The number of hydrogen-bond acceptors (Lipinski definition) is 4. The molecule has 7 nitrogen and oxygen atoms in total. The molecule has 0 unspecified atom stereocenters. The van der Waals surface area contributed by atoms with Crippen molar-refractivity contribution in [3.63, 3.8) is 0 Å². The van der Waals surface area contributed by atoms with E-state index in [4.69, 9.17) is 5.14 Å². The van der Waals surface area contributed by atoms with E-state index in [1.54, 1.807) is 35.4 Å². The van der Waals surface area contributed by atoms with Crippen LogP contribution in [0.15, 0.2) is 47.9 Å². The van der Waals surface area contributed by atoms with Gasteiger partial charge in [-0.1, -0.05) is 12.1 Å². The van der Waals surface area contributed by atoms with Crippen LogP contribution in [-0.4, -0.2) is 23.9 Å². The van der Waals surface area contributed by atoms with Crippen molar-refractivity contribution in [2.45, 2.75) is 17.9 Å². The van der Waals surface area contributed by atoms with Crippen molar-refractivity contribution in [3.8, 4) is 0 Å². The van der Waals surface area contributed by atoms with E-state index >= 15 is 0 Å². The van der Waals surface area contributed by atoms with Gasteiger partial charge in [-0.25, -0.2) is 18.5 Å². The molecule has 0 aliphatic carbocycles. The molecule has 1 heterocycles. The maximum Gasteiger partial charge on any atom is 0.240 e. The van der Waals surface area contributed by atoms with E-state index in [1.807, 2.05) is 0 Å². The molecule has 1 aromatic heterocycles. The lowest BCUT2D eigenvalue weighted by Crippen LogP contribution is -2.19. The first-order chi connectivity index (χ1) is 9.47. The number of nitrogens with one attached hydrogen (secondary N) is 1. The highest BCUT2D eigenvalue weighted by Crippen LogP contribution is 2.19. The van der Waals surface area contributed by atoms with E-state index in [0.29, 0.717) is 6.54 Å². The smallest absolute Gasteiger partial charge is 0.240 e. The average Bonchev–Trinajstić information content (AvgIpc) is 2.89. The first-order valence-electron chi connectivity index (χ1n) is 5.84. The van der Waals surface area contributed by atoms with Crippen molar-refractivity contribution >= 4 is 21.6 Å². The van der Waals surface area contributed by atoms with E-state index in [1.165, 1.54) is 12.1 Å². The Hall–Kier alpha value is -2.19. The molecule has 20 heavy (non-hydrogen) atoms. The Balaban J connectivity index is 2.05. The standard InChI is InChI=1S/C12H14N4O3S/c13-20(18,19)11-4-2-1-3-10(11)15-12(17)5-7-16-8-6-14-9-16/h1-4,6,8-9H,5,7H2,(H,15,17)(H2,13,18,19). The summed E-state index contributed by atoms with van der Waals surface area (Å²) in [5.41, 5.74) is 0.186. The summed E-state index contributed by atoms with van der Waals surface area (Å²) in [5, 5.41) is 7.64. The quantitative estimate of drug-likeness (QED) is 0.840. The number of sulfonamides is 1. The summed E-state index contributed by atoms with van der Waals surface area (Å²) in [6, 6.07) is 6.01. The first-order valence-corrected chi connectivity index (χ1v) is 7.39. The largest absolute Gasteiger partial charge is 0.337 e. The molecule has 0 aliphatic rings. The molecule has 2 aromatic rings. The number of carbonyl (C=O) groups excluding carboxylic acids is 1. The molecule has 0 spiro atoms. The van der Waals surface area contributed by atoms with Gasteiger partial charge in [-0.2, -0.15) is 0 Å². The molecule has 0 fully saturated rings. The molecule has 0 aliphatic heterocycles. The number of anilines is 1. The zero-order valence-electron chi connectivity index (χ0n) is 10.6. The van der Waals surface area contributed by atoms with Crippen LogP contribution in [-0.2, 0) is 21.4 Å². The van der Waals surface area contributed by atoms with E-state index < -0.39 is 10.0 Å². The minimum absolute atomic E-state index is 0.101. The first kappa shape index (κ1) is 14.2. The minimum Gasteiger partial charge on any atom is -0.337 e. The number of amides is 1. The molecule has 0 atom stereocenters. The van der Waals surface area contributed by atoms with Crippen molar-refractivity contribution < 1.29 is 13.2 Å². The molecule has 3 N–H and O–H groups in total. The number of rotatable bonds is 5. The number of benzene rings is 1. The van der Waals surface area contributed by atoms with E-state index in [2.05, 4.69) is 10.3 Å². The average molecular weight is 294 g/mol. The highest BCUT2D eigenvalue weighted by atomic mass is 32.2. The number of imidazole rings is 1. The summed E-state index contributed by atoms with van der Waals surface area (Å²) in [4.78, 5) is 15.6. The number of aromatic nitrogens is 2. The SMILES string of the molecule is NS(=O)(=O)c1ccccc1NC(=O)CCn1ccnc1. The van der Waals surface area contributed by atoms with E-state index in [0.717, 1.165) is 0 Å². The summed E-state index contributed by atoms with van der Waals surface area (Å²) >= 11 is 0. The second-order valence-corrected chi connectivity index (χ2v) is 5.67. The molecule has 0 radical (unpaired) electrons. The number of primary sulfonamides is 1. The fourth-order valence-corrected chi connectivity index (χ4v) is 2.37. The Kier molecular flexibility index (Phi) is 4.16. The maximum absolute atomic E-state index is 11.8. The minimum atomic E-state index is -3.87. The molecule has 1 aromatic carbocycles. The van der Waals surface area contributed by atoms with Crippen LogP contribution in [0.5, 0.6) is 0 Å². The van der Waals surface area contributed by atoms with Gasteiger partial charge >= 0.3 is 0 Å². The fourth-order valence-electron chi connectivity index (χ4n) is 1.68. The van der Waals surface area contributed by atoms with Gasteiger partial charge in [0.25, 0.3) is 0 Å². The van der Waals surface area contributed by atoms with Crippen LogP contribution < -0.4 is 10.5 Å². The van der Waals surface area contributed by atoms with Crippen molar-refractivity contribution in [3.05, 3.63) is 43.0 Å². The second kappa shape index (κ2) is 5.85. The van der Waals surface area contributed by atoms with E-state index in [-0.39, 0.29) is 22.9 Å². The number of nitrogens with zero attached hydrogens (tertiary/aromatic N) is 2. The summed E-state index contributed by atoms with van der Waals surface area (Å²) in [6.45, 7) is 0.462. The van der Waals surface area contributed by atoms with Crippen LogP contribution in [0.2, 0.25) is 0 Å². The van der Waals surface area contributed by atoms with Gasteiger partial charge in [-0.05, 0) is 12.1 Å². The maximum atomic E-state index is 11.8. The van der Waals surface area contributed by atoms with Crippen LogP contribution in [0.4, 0.5) is 5.69 Å². The molecule has 1 amide bonds. The monoisotopic (exact) mass is 294 g/mol. The lowest BCUT2D eigenvalue weighted by atomic mass is 10.3. The number of carbonyl (C=O) groups is 1. The van der Waals surface area contributed by atoms with Gasteiger partial charge in [-0.15, -0.1) is 0 Å². The molecule has 0 saturated heterocycles. The third kappa shape index (κ3) is 3.65. The van der Waals surface area contributed by atoms with Crippen LogP contribution >= 0.6 is 0 Å². The van der Waals surface area contributed by atoms with Crippen LogP contribution in [0.1, 0.15) is 6.42 Å². The Morgan fingerprint density at radius 2 is 2.10 bits per heavy atom. The van der Waals surface area contributed by atoms with Crippen LogP contribution in [0.3, 0.4) is 0 Å². The zero-order chi connectivity index (χ0) is 14.6. The normalized spacial score (nSPS) is 11.2. The number of aryl methyl sites for hydroxylation is 1. The Morgan fingerprint density at radius 1 is 1.35 bits per heavy atom. The topological polar surface area (TPSA) is 107 Å². The molecular weight excluding hydrogens is 280 g/mol. The Bertz CT molecular complexity index is 695. The summed E-state index contributed by atoms with van der Waals surface area (Å²) in [7, 11) is -3.87. The van der Waals surface area contributed by atoms with Gasteiger partial charge in [0.1, 0.15) is 4.90 Å². The van der Waals surface area contributed by atoms with Gasteiger partial charge in [0.15, 0.2) is 0 Å². The number of nitrogens with two attached hydrogens (primary N) is 1. The van der Waals surface area contributed by atoms with Gasteiger partial charge in [-0.3, -0.25) is 4.79 Å². The van der Waals surface area contributed by atoms with Crippen molar-refractivity contribution in [2.24, 2.45) is 5.14 Å². The van der Waals surface area contributed by atoms with Crippen LogP contribution in [0, 0.1) is 0 Å². The highest BCUT2D eigenvalue weighted by molar-refractivity contribution is 7.89. The summed E-state index contributed by atoms with van der Waals surface area (Å²) in [6.07, 6.45) is 5.17. The lowest BCUT2D eigenvalue weighted by molar-refractivity contribution is -0.116. The van der Waals surface area contributed by atoms with Gasteiger partial charge in [0.2, 0.25) is 15.9 Å². The third-order valence-electron chi connectivity index (χ3n) is 2.62. The number of para-hydroxylation sites is 1. The lowest BCUT2D eigenvalue weighted by Gasteiger charge is -2.09. The van der Waals surface area contributed by atoms with Crippen LogP contribution in [0.25, 0.3) is 0 Å². The molecule has 0 saturated carbocycles. The van der Waals surface area contributed by atoms with Crippen molar-refractivity contribution in [1.29, 1.82) is 0 Å². The predicted molar refractivity (Wildman–Crippen MR) is 73.3 cm³/mol. The van der Waals surface area contributed by atoms with E-state index in [9.17, 15) is 13.2 Å². The van der Waals surface area contributed by atoms with Gasteiger partial charge in [0.05, 0.1) is 12.0 Å². The van der Waals surface area contributed by atoms with Crippen molar-refractivity contribution in [2.75, 3.05) is 5.32 Å². The second-order valence-electron chi connectivity index (χ2n) is 4.14. The number of hydrogen-bond donors (Lipinski definition) is 2. The van der Waals surface area contributed by atoms with Crippen molar-refractivity contribution in [1.82, 2.24) is 9.55 Å². The molecular formula is C12H14N4O3S. The molecule has 106 valence electrons. The highest BCUT2D eigenvalue weighted by Gasteiger charge is 2.14. The van der Waals surface area contributed by atoms with Gasteiger partial charge < -0.3 is 9.88 Å². The summed E-state index contributed by atoms with van der Waals surface area (Å²) < 4.78 is 24.5.